The van der Waals surface area contributed by atoms with Crippen molar-refractivity contribution in [2.75, 3.05) is 45.7 Å². The van der Waals surface area contributed by atoms with Crippen LogP contribution in [0.5, 0.6) is 5.75 Å². The highest BCUT2D eigenvalue weighted by Crippen LogP contribution is 2.16. The lowest BCUT2D eigenvalue weighted by Gasteiger charge is -2.16. The van der Waals surface area contributed by atoms with Gasteiger partial charge in [0.05, 0.1) is 12.8 Å². The number of nitriles is 1. The summed E-state index contributed by atoms with van der Waals surface area (Å²) < 4.78 is 5.28. The van der Waals surface area contributed by atoms with E-state index in [1.165, 1.54) is 17.5 Å². The van der Waals surface area contributed by atoms with Crippen molar-refractivity contribution in [2.45, 2.75) is 25.7 Å². The van der Waals surface area contributed by atoms with Crippen LogP contribution in [0.3, 0.4) is 0 Å². The van der Waals surface area contributed by atoms with Crippen LogP contribution < -0.4 is 20.7 Å². The lowest BCUT2D eigenvalue weighted by molar-refractivity contribution is -0.120. The number of carbonyl (C=O) groups is 1. The van der Waals surface area contributed by atoms with E-state index in [9.17, 15) is 10.1 Å². The second-order valence-electron chi connectivity index (χ2n) is 8.18. The average molecular weight is 477 g/mol. The zero-order chi connectivity index (χ0) is 25.5. The molecular weight excluding hydrogens is 440 g/mol. The van der Waals surface area contributed by atoms with E-state index in [0.717, 1.165) is 43.7 Å². The van der Waals surface area contributed by atoms with Gasteiger partial charge in [0.25, 0.3) is 0 Å². The van der Waals surface area contributed by atoms with Crippen LogP contribution in [0.15, 0.2) is 59.6 Å². The van der Waals surface area contributed by atoms with Crippen LogP contribution in [0.4, 0.5) is 5.69 Å². The molecule has 0 aliphatic carbocycles. The summed E-state index contributed by atoms with van der Waals surface area (Å²) in [5, 5.41) is 12.2. The molecule has 3 N–H and O–H groups in total. The summed E-state index contributed by atoms with van der Waals surface area (Å²) in [6.07, 6.45) is 9.00. The first-order chi connectivity index (χ1) is 17.0. The number of hydrogen-bond donors (Lipinski definition) is 2. The topological polar surface area (TPSA) is 107 Å². The summed E-state index contributed by atoms with van der Waals surface area (Å²) in [7, 11) is 5.34. The summed E-state index contributed by atoms with van der Waals surface area (Å²) in [5.41, 5.74) is 8.56. The standard InChI is InChI=1S/C27H36N6O2/c1-30-27(29)33(21-28)24-14-12-22(13-15-24)8-7-11-26(34)31-17-4-5-18-32(2)19-16-23-9-6-10-25(20-23)35-3/h6-10,12-15,20H,4-5,11,16-19H2,1-3H3,(H2,29,30)(H,31,34)/b8-7+. The van der Waals surface area contributed by atoms with E-state index in [2.05, 4.69) is 34.4 Å². The largest absolute Gasteiger partial charge is 0.497 e. The van der Waals surface area contributed by atoms with Crippen LogP contribution in [-0.2, 0) is 11.2 Å². The molecule has 8 heteroatoms. The second kappa shape index (κ2) is 15.1. The molecule has 2 aromatic rings. The molecule has 0 heterocycles. The van der Waals surface area contributed by atoms with Crippen LogP contribution in [0, 0.1) is 11.5 Å². The molecule has 0 radical (unpaired) electrons. The Labute approximate surface area is 208 Å². The number of nitrogens with zero attached hydrogens (tertiary/aromatic N) is 4. The van der Waals surface area contributed by atoms with Gasteiger partial charge in [-0.15, -0.1) is 0 Å². The Hall–Kier alpha value is -3.83. The molecule has 2 rings (SSSR count). The molecule has 0 spiro atoms. The van der Waals surface area contributed by atoms with Gasteiger partial charge in [0.2, 0.25) is 11.9 Å². The number of unbranched alkanes of at least 4 members (excludes halogenated alkanes) is 1. The smallest absolute Gasteiger partial charge is 0.223 e. The number of benzene rings is 2. The first-order valence-electron chi connectivity index (χ1n) is 11.7. The average Bonchev–Trinajstić information content (AvgIpc) is 2.88. The molecule has 0 fully saturated rings. The predicted molar refractivity (Wildman–Crippen MR) is 142 cm³/mol. The van der Waals surface area contributed by atoms with Crippen molar-refractivity contribution in [1.82, 2.24) is 10.2 Å². The minimum absolute atomic E-state index is 0.00633. The Kier molecular flexibility index (Phi) is 11.9. The Balaban J connectivity index is 1.61. The zero-order valence-corrected chi connectivity index (χ0v) is 20.9. The molecule has 0 bridgehead atoms. The van der Waals surface area contributed by atoms with Crippen molar-refractivity contribution in [3.05, 3.63) is 65.7 Å². The minimum Gasteiger partial charge on any atom is -0.497 e. The van der Waals surface area contributed by atoms with E-state index in [1.54, 1.807) is 19.2 Å². The molecule has 0 aromatic heterocycles. The SMILES string of the molecule is CN=C(N)N(C#N)c1ccc(/C=C/CC(=O)NCCCCN(C)CCc2cccc(OC)c2)cc1. The van der Waals surface area contributed by atoms with Crippen LogP contribution in [0.1, 0.15) is 30.4 Å². The number of likely N-dealkylation sites (N-methyl/N-ethyl adjacent to an activating group) is 1. The Morgan fingerprint density at radius 1 is 1.20 bits per heavy atom. The van der Waals surface area contributed by atoms with Gasteiger partial charge in [-0.2, -0.15) is 5.26 Å². The molecule has 2 aromatic carbocycles. The van der Waals surface area contributed by atoms with Gasteiger partial charge >= 0.3 is 0 Å². The van der Waals surface area contributed by atoms with Gasteiger partial charge in [-0.05, 0) is 68.2 Å². The molecule has 0 saturated heterocycles. The first-order valence-corrected chi connectivity index (χ1v) is 11.7. The normalized spacial score (nSPS) is 11.5. The summed E-state index contributed by atoms with van der Waals surface area (Å²) in [4.78, 5) is 19.5. The monoisotopic (exact) mass is 476 g/mol. The quantitative estimate of drug-likeness (QED) is 0.151. The lowest BCUT2D eigenvalue weighted by Crippen LogP contribution is -2.33. The summed E-state index contributed by atoms with van der Waals surface area (Å²) >= 11 is 0. The number of guanidine groups is 1. The number of anilines is 1. The third kappa shape index (κ3) is 9.90. The fraction of sp³-hybridized carbons (Fsp3) is 0.370. The number of rotatable bonds is 13. The highest BCUT2D eigenvalue weighted by Gasteiger charge is 2.08. The number of ether oxygens (including phenoxy) is 1. The van der Waals surface area contributed by atoms with Crippen molar-refractivity contribution in [3.8, 4) is 11.9 Å². The number of nitrogens with one attached hydrogen (secondary N) is 1. The Bertz CT molecular complexity index is 1030. The molecule has 0 aliphatic heterocycles. The number of nitrogens with two attached hydrogens (primary N) is 1. The van der Waals surface area contributed by atoms with Crippen LogP contribution >= 0.6 is 0 Å². The molecule has 186 valence electrons. The third-order valence-corrected chi connectivity index (χ3v) is 5.53. The maximum Gasteiger partial charge on any atom is 0.223 e. The molecule has 35 heavy (non-hydrogen) atoms. The highest BCUT2D eigenvalue weighted by molar-refractivity contribution is 5.97. The van der Waals surface area contributed by atoms with Gasteiger partial charge < -0.3 is 20.7 Å². The fourth-order valence-electron chi connectivity index (χ4n) is 3.44. The molecule has 1 amide bonds. The summed E-state index contributed by atoms with van der Waals surface area (Å²) in [5.74, 6) is 1.03. The molecule has 8 nitrogen and oxygen atoms in total. The van der Waals surface area contributed by atoms with E-state index < -0.39 is 0 Å². The van der Waals surface area contributed by atoms with Gasteiger partial charge in [-0.3, -0.25) is 9.79 Å². The van der Waals surface area contributed by atoms with E-state index >= 15 is 0 Å². The zero-order valence-electron chi connectivity index (χ0n) is 20.9. The minimum atomic E-state index is 0.00633. The maximum atomic E-state index is 12.1. The number of aliphatic imine (C=N–C) groups is 1. The number of hydrogen-bond acceptors (Lipinski definition) is 5. The number of methoxy groups -OCH3 is 1. The van der Waals surface area contributed by atoms with Crippen molar-refractivity contribution >= 4 is 23.6 Å². The fourth-order valence-corrected chi connectivity index (χ4v) is 3.44. The predicted octanol–water partition coefficient (Wildman–Crippen LogP) is 3.40. The van der Waals surface area contributed by atoms with Gasteiger partial charge in [-0.1, -0.05) is 36.4 Å². The van der Waals surface area contributed by atoms with Gasteiger partial charge in [-0.25, -0.2) is 4.90 Å². The number of carbonyl (C=O) groups excluding carboxylic acids is 1. The van der Waals surface area contributed by atoms with Crippen LogP contribution in [-0.4, -0.2) is 57.6 Å². The third-order valence-electron chi connectivity index (χ3n) is 5.53. The highest BCUT2D eigenvalue weighted by atomic mass is 16.5. The second-order valence-corrected chi connectivity index (χ2v) is 8.18. The Morgan fingerprint density at radius 3 is 2.66 bits per heavy atom. The van der Waals surface area contributed by atoms with Gasteiger partial charge in [0.1, 0.15) is 5.75 Å². The van der Waals surface area contributed by atoms with E-state index in [4.69, 9.17) is 10.5 Å². The lowest BCUT2D eigenvalue weighted by atomic mass is 10.1. The van der Waals surface area contributed by atoms with Crippen LogP contribution in [0.2, 0.25) is 0 Å². The molecular formula is C27H36N6O2. The molecule has 0 unspecified atom stereocenters. The van der Waals surface area contributed by atoms with Crippen molar-refractivity contribution < 1.29 is 9.53 Å². The number of amides is 1. The Morgan fingerprint density at radius 2 is 1.97 bits per heavy atom. The summed E-state index contributed by atoms with van der Waals surface area (Å²) in [6.45, 7) is 2.66. The van der Waals surface area contributed by atoms with E-state index in [-0.39, 0.29) is 11.9 Å². The molecule has 0 aliphatic rings. The molecule has 0 atom stereocenters. The maximum absolute atomic E-state index is 12.1. The molecule has 0 saturated carbocycles. The van der Waals surface area contributed by atoms with Crippen molar-refractivity contribution in [2.24, 2.45) is 10.7 Å². The van der Waals surface area contributed by atoms with Crippen molar-refractivity contribution in [1.29, 1.82) is 5.26 Å². The first kappa shape index (κ1) is 27.4. The summed E-state index contributed by atoms with van der Waals surface area (Å²) in [6, 6.07) is 15.5. The van der Waals surface area contributed by atoms with Crippen molar-refractivity contribution in [3.63, 3.8) is 0 Å². The van der Waals surface area contributed by atoms with E-state index in [1.807, 2.05) is 42.6 Å². The van der Waals surface area contributed by atoms with E-state index in [0.29, 0.717) is 18.7 Å². The van der Waals surface area contributed by atoms with Gasteiger partial charge in [0, 0.05) is 26.6 Å². The van der Waals surface area contributed by atoms with Gasteiger partial charge in [0.15, 0.2) is 6.19 Å². The van der Waals surface area contributed by atoms with Crippen LogP contribution in [0.25, 0.3) is 6.08 Å².